The molecule has 0 amide bonds. The van der Waals surface area contributed by atoms with Gasteiger partial charge in [0.1, 0.15) is 0 Å². The number of aromatic carboxylic acids is 1. The predicted molar refractivity (Wildman–Crippen MR) is 132 cm³/mol. The van der Waals surface area contributed by atoms with Crippen molar-refractivity contribution in [3.63, 3.8) is 0 Å². The van der Waals surface area contributed by atoms with Gasteiger partial charge in [-0.1, -0.05) is 0 Å². The van der Waals surface area contributed by atoms with Gasteiger partial charge in [0.25, 0.3) is 0 Å². The molecule has 0 aliphatic rings. The molecule has 0 saturated heterocycles. The molecule has 2 aromatic rings. The molecule has 0 unspecified atom stereocenters. The molecule has 5 heteroatoms. The molecule has 1 aromatic heterocycles. The monoisotopic (exact) mass is 535 g/mol. The molecule has 0 atom stereocenters. The van der Waals surface area contributed by atoms with E-state index >= 15 is 0 Å². The topological polar surface area (TPSA) is 46.1 Å². The summed E-state index contributed by atoms with van der Waals surface area (Å²) >= 11 is -2.61. The summed E-state index contributed by atoms with van der Waals surface area (Å²) in [5, 5.41) is 9.53. The summed E-state index contributed by atoms with van der Waals surface area (Å²) in [7, 11) is 0. The van der Waals surface area contributed by atoms with Crippen LogP contribution in [-0.2, 0) is 13.1 Å². The van der Waals surface area contributed by atoms with E-state index in [0.717, 1.165) is 13.1 Å². The molecule has 172 valence electrons. The zero-order valence-electron chi connectivity index (χ0n) is 20.0. The van der Waals surface area contributed by atoms with Crippen LogP contribution < -0.4 is 8.15 Å². The van der Waals surface area contributed by atoms with Gasteiger partial charge in [-0.05, 0) is 0 Å². The first-order valence-corrected chi connectivity index (χ1v) is 19.9. The van der Waals surface area contributed by atoms with Crippen molar-refractivity contribution in [2.75, 3.05) is 0 Å². The Morgan fingerprint density at radius 1 is 0.968 bits per heavy atom. The van der Waals surface area contributed by atoms with Crippen LogP contribution >= 0.6 is 0 Å². The molecule has 0 radical (unpaired) electrons. The van der Waals surface area contributed by atoms with Crippen molar-refractivity contribution in [1.82, 2.24) is 4.57 Å². The van der Waals surface area contributed by atoms with Crippen LogP contribution in [0.15, 0.2) is 43.0 Å². The summed E-state index contributed by atoms with van der Waals surface area (Å²) in [5.74, 6) is -0.789. The number of unbranched alkanes of at least 4 members (excludes halogenated alkanes) is 5. The average molecular weight is 534 g/mol. The van der Waals surface area contributed by atoms with E-state index in [1.807, 2.05) is 12.1 Å². The molecule has 1 aromatic carbocycles. The zero-order valence-corrected chi connectivity index (χ0v) is 22.8. The molecule has 4 nitrogen and oxygen atoms in total. The number of carboxylic acid groups (broad SMARTS) is 1. The van der Waals surface area contributed by atoms with E-state index in [1.54, 1.807) is 6.07 Å². The van der Waals surface area contributed by atoms with Crippen molar-refractivity contribution in [2.24, 2.45) is 0 Å². The van der Waals surface area contributed by atoms with Gasteiger partial charge in [-0.25, -0.2) is 0 Å². The van der Waals surface area contributed by atoms with E-state index in [0.29, 0.717) is 5.56 Å². The number of aromatic nitrogens is 2. The Hall–Kier alpha value is -1.30. The van der Waals surface area contributed by atoms with E-state index in [9.17, 15) is 9.90 Å². The maximum absolute atomic E-state index is 11.6. The number of imidazole rings is 1. The second kappa shape index (κ2) is 14.0. The second-order valence-electron chi connectivity index (χ2n) is 9.02. The summed E-state index contributed by atoms with van der Waals surface area (Å²) < 4.78 is 10.1. The van der Waals surface area contributed by atoms with Crippen LogP contribution in [0.1, 0.15) is 82.5 Å². The van der Waals surface area contributed by atoms with Crippen molar-refractivity contribution >= 4 is 27.9 Å². The third kappa shape index (κ3) is 8.28. The van der Waals surface area contributed by atoms with Crippen molar-refractivity contribution in [3.05, 3.63) is 48.5 Å². The van der Waals surface area contributed by atoms with Gasteiger partial charge in [0, 0.05) is 0 Å². The van der Waals surface area contributed by atoms with E-state index in [4.69, 9.17) is 0 Å². The molecular weight excluding hydrogens is 491 g/mol. The van der Waals surface area contributed by atoms with Gasteiger partial charge >= 0.3 is 194 Å². The second-order valence-corrected chi connectivity index (χ2v) is 22.3. The Morgan fingerprint density at radius 3 is 2.26 bits per heavy atom. The third-order valence-corrected chi connectivity index (χ3v) is 22.3. The van der Waals surface area contributed by atoms with Crippen LogP contribution in [0.4, 0.5) is 0 Å². The van der Waals surface area contributed by atoms with E-state index in [-0.39, 0.29) is 0 Å². The van der Waals surface area contributed by atoms with Gasteiger partial charge in [-0.2, -0.15) is 0 Å². The van der Waals surface area contributed by atoms with Gasteiger partial charge < -0.3 is 0 Å². The van der Waals surface area contributed by atoms with Crippen LogP contribution in [0.25, 0.3) is 0 Å². The average Bonchev–Trinajstić information content (AvgIpc) is 3.25. The molecule has 31 heavy (non-hydrogen) atoms. The predicted octanol–water partition coefficient (Wildman–Crippen LogP) is 6.01. The number of rotatable bonds is 16. The summed E-state index contributed by atoms with van der Waals surface area (Å²) in [6, 6.07) is 8.05. The van der Waals surface area contributed by atoms with Gasteiger partial charge in [0.15, 0.2) is 0 Å². The summed E-state index contributed by atoms with van der Waals surface area (Å²) in [6.07, 6.45) is 16.7. The Bertz CT molecular complexity index is 779. The number of benzene rings is 1. The van der Waals surface area contributed by atoms with Crippen molar-refractivity contribution in [1.29, 1.82) is 0 Å². The molecule has 2 rings (SSSR count). The van der Waals surface area contributed by atoms with Gasteiger partial charge in [-0.3, -0.25) is 0 Å². The quantitative estimate of drug-likeness (QED) is 0.163. The maximum atomic E-state index is 11.6. The fourth-order valence-corrected chi connectivity index (χ4v) is 20.4. The first kappa shape index (κ1) is 26.0. The minimum atomic E-state index is -2.61. The fourth-order valence-electron chi connectivity index (χ4n) is 4.69. The summed E-state index contributed by atoms with van der Waals surface area (Å²) in [5.41, 5.74) is 0.475. The molecule has 0 spiro atoms. The number of hydrogen-bond acceptors (Lipinski definition) is 1. The molecular formula is C26H43N2O2Sn+. The summed E-state index contributed by atoms with van der Waals surface area (Å²) in [4.78, 5) is 11.6. The van der Waals surface area contributed by atoms with Crippen LogP contribution in [0.5, 0.6) is 0 Å². The SMILES string of the molecule is CCC[CH2][Sn]([CH2]CCC)([CH2]CCCCC[n+]1ccn(CC)c1)[c]1cccc(C(=O)O)c1. The minimum absolute atomic E-state index is 0.475. The van der Waals surface area contributed by atoms with Gasteiger partial charge in [0.2, 0.25) is 0 Å². The molecule has 0 fully saturated rings. The first-order valence-electron chi connectivity index (χ1n) is 12.4. The van der Waals surface area contributed by atoms with E-state index < -0.39 is 24.3 Å². The Labute approximate surface area is 193 Å². The van der Waals surface area contributed by atoms with Crippen molar-refractivity contribution in [3.8, 4) is 0 Å². The van der Waals surface area contributed by atoms with Gasteiger partial charge in [0.05, 0.1) is 0 Å². The number of hydrogen-bond donors (Lipinski definition) is 1. The number of nitrogens with zero attached hydrogens (tertiary/aromatic N) is 2. The third-order valence-electron chi connectivity index (χ3n) is 6.67. The fraction of sp³-hybridized carbons (Fsp3) is 0.615. The Kier molecular flexibility index (Phi) is 11.7. The molecule has 1 heterocycles. The number of carbonyl (C=O) groups is 1. The van der Waals surface area contributed by atoms with E-state index in [1.165, 1.54) is 68.3 Å². The molecule has 0 bridgehead atoms. The van der Waals surface area contributed by atoms with Crippen molar-refractivity contribution < 1.29 is 14.5 Å². The molecule has 0 aliphatic heterocycles. The normalized spacial score (nSPS) is 11.7. The van der Waals surface area contributed by atoms with Crippen LogP contribution in [0.3, 0.4) is 0 Å². The van der Waals surface area contributed by atoms with Crippen molar-refractivity contribution in [2.45, 2.75) is 98.5 Å². The molecule has 0 aliphatic carbocycles. The number of aryl methyl sites for hydroxylation is 2. The Balaban J connectivity index is 2.00. The summed E-state index contributed by atoms with van der Waals surface area (Å²) in [6.45, 7) is 8.88. The van der Waals surface area contributed by atoms with Crippen LogP contribution in [0.2, 0.25) is 13.3 Å². The zero-order chi connectivity index (χ0) is 22.5. The number of carboxylic acids is 1. The van der Waals surface area contributed by atoms with Crippen LogP contribution in [-0.4, -0.2) is 34.0 Å². The molecule has 0 saturated carbocycles. The first-order chi connectivity index (χ1) is 15.0. The van der Waals surface area contributed by atoms with Gasteiger partial charge in [-0.15, -0.1) is 0 Å². The Morgan fingerprint density at radius 2 is 1.65 bits per heavy atom. The standard InChI is InChI=1S/C11H20N2.C7H5O2.2C4H9.Sn/c1-3-5-6-7-8-13-10-9-12(4-2)11-13;8-7(9)6-4-2-1-3-5-6;2*1-3-4-2;/h9-11H,1,3-8H2,2H3;1-2,4-5H,(H,8,9);2*1,3-4H2,2H3;/q+1;;;;. The molecule has 1 N–H and O–H groups in total. The van der Waals surface area contributed by atoms with Crippen LogP contribution in [0, 0.1) is 0 Å². The van der Waals surface area contributed by atoms with E-state index in [2.05, 4.69) is 54.7 Å².